The third-order valence-corrected chi connectivity index (χ3v) is 5.18. The molecule has 2 aromatic rings. The van der Waals surface area contributed by atoms with Gasteiger partial charge in [0.2, 0.25) is 0 Å². The third-order valence-electron chi connectivity index (χ3n) is 2.03. The van der Waals surface area contributed by atoms with Crippen LogP contribution in [0.15, 0.2) is 33.9 Å². The van der Waals surface area contributed by atoms with Gasteiger partial charge in [0, 0.05) is 11.1 Å². The lowest BCUT2D eigenvalue weighted by atomic mass is 10.3. The first-order valence-corrected chi connectivity index (χ1v) is 7.44. The number of anilines is 2. The molecule has 4 nitrogen and oxygen atoms in total. The van der Waals surface area contributed by atoms with Crippen molar-refractivity contribution in [2.75, 3.05) is 10.5 Å². The first-order chi connectivity index (χ1) is 8.38. The van der Waals surface area contributed by atoms with Crippen molar-refractivity contribution in [2.24, 2.45) is 0 Å². The lowest BCUT2D eigenvalue weighted by Crippen LogP contribution is -2.11. The Hall–Kier alpha value is -1.31. The molecule has 8 heteroatoms. The number of hydrogen-bond donors (Lipinski definition) is 2. The van der Waals surface area contributed by atoms with Gasteiger partial charge in [-0.2, -0.15) is 0 Å². The average molecular weight is 307 g/mol. The van der Waals surface area contributed by atoms with Crippen molar-refractivity contribution in [1.29, 1.82) is 0 Å². The molecule has 3 N–H and O–H groups in total. The van der Waals surface area contributed by atoms with E-state index < -0.39 is 15.8 Å². The summed E-state index contributed by atoms with van der Waals surface area (Å²) >= 11 is 6.49. The molecule has 0 radical (unpaired) electrons. The first-order valence-electron chi connectivity index (χ1n) is 4.70. The number of sulfonamides is 1. The van der Waals surface area contributed by atoms with E-state index in [1.54, 1.807) is 0 Å². The van der Waals surface area contributed by atoms with Crippen molar-refractivity contribution in [3.05, 3.63) is 40.5 Å². The highest BCUT2D eigenvalue weighted by atomic mass is 35.5. The second-order valence-corrected chi connectivity index (χ2v) is 6.66. The maximum atomic E-state index is 13.2. The molecule has 0 atom stereocenters. The molecule has 0 spiro atoms. The van der Waals surface area contributed by atoms with Crippen molar-refractivity contribution in [1.82, 2.24) is 0 Å². The normalized spacial score (nSPS) is 11.4. The average Bonchev–Trinajstić information content (AvgIpc) is 2.71. The minimum Gasteiger partial charge on any atom is -0.398 e. The molecule has 0 aliphatic rings. The van der Waals surface area contributed by atoms with Gasteiger partial charge >= 0.3 is 0 Å². The van der Waals surface area contributed by atoms with E-state index in [1.807, 2.05) is 0 Å². The zero-order valence-corrected chi connectivity index (χ0v) is 11.2. The van der Waals surface area contributed by atoms with E-state index in [1.165, 1.54) is 23.6 Å². The highest BCUT2D eigenvalue weighted by Crippen LogP contribution is 2.25. The number of hydrogen-bond acceptors (Lipinski definition) is 4. The van der Waals surface area contributed by atoms with Crippen LogP contribution in [0.25, 0.3) is 0 Å². The van der Waals surface area contributed by atoms with Crippen molar-refractivity contribution < 1.29 is 12.8 Å². The minimum absolute atomic E-state index is 0.0651. The van der Waals surface area contributed by atoms with Crippen molar-refractivity contribution in [3.8, 4) is 0 Å². The van der Waals surface area contributed by atoms with Crippen LogP contribution in [0.5, 0.6) is 0 Å². The maximum absolute atomic E-state index is 13.2. The Morgan fingerprint density at radius 2 is 2.06 bits per heavy atom. The van der Waals surface area contributed by atoms with E-state index in [-0.39, 0.29) is 14.9 Å². The summed E-state index contributed by atoms with van der Waals surface area (Å²) in [4.78, 5) is 0. The molecule has 1 aromatic carbocycles. The Morgan fingerprint density at radius 1 is 1.33 bits per heavy atom. The number of nitrogen functional groups attached to an aromatic ring is 1. The Bertz CT molecular complexity index is 685. The lowest BCUT2D eigenvalue weighted by Gasteiger charge is -2.06. The van der Waals surface area contributed by atoms with Crippen molar-refractivity contribution >= 4 is 44.3 Å². The quantitative estimate of drug-likeness (QED) is 0.916. The summed E-state index contributed by atoms with van der Waals surface area (Å²) < 4.78 is 39.3. The van der Waals surface area contributed by atoms with Crippen LogP contribution in [0, 0.1) is 5.82 Å². The molecule has 0 fully saturated rings. The van der Waals surface area contributed by atoms with Gasteiger partial charge in [-0.15, -0.1) is 11.3 Å². The van der Waals surface area contributed by atoms with Crippen LogP contribution in [0.1, 0.15) is 0 Å². The predicted octanol–water partition coefficient (Wildman–Crippen LogP) is 2.92. The van der Waals surface area contributed by atoms with Crippen LogP contribution >= 0.6 is 22.9 Å². The van der Waals surface area contributed by atoms with E-state index >= 15 is 0 Å². The maximum Gasteiger partial charge on any atom is 0.271 e. The summed E-state index contributed by atoms with van der Waals surface area (Å²) in [6.45, 7) is 0. The highest BCUT2D eigenvalue weighted by molar-refractivity contribution is 7.94. The molecule has 0 bridgehead atoms. The molecule has 96 valence electrons. The molecular weight excluding hydrogens is 299 g/mol. The largest absolute Gasteiger partial charge is 0.398 e. The van der Waals surface area contributed by atoms with Crippen LogP contribution in [0.3, 0.4) is 0 Å². The first kappa shape index (κ1) is 13.1. The zero-order valence-electron chi connectivity index (χ0n) is 8.85. The molecule has 0 saturated heterocycles. The molecule has 1 heterocycles. The van der Waals surface area contributed by atoms with Crippen LogP contribution in [0.4, 0.5) is 15.8 Å². The molecule has 1 aromatic heterocycles. The SMILES string of the molecule is Nc1csc(S(=O)(=O)Nc2ccc(Cl)c(F)c2)c1. The highest BCUT2D eigenvalue weighted by Gasteiger charge is 2.17. The lowest BCUT2D eigenvalue weighted by molar-refractivity contribution is 0.603. The van der Waals surface area contributed by atoms with Gasteiger partial charge in [0.1, 0.15) is 10.0 Å². The van der Waals surface area contributed by atoms with Gasteiger partial charge in [0.15, 0.2) is 0 Å². The van der Waals surface area contributed by atoms with Gasteiger partial charge in [-0.05, 0) is 24.3 Å². The molecule has 2 rings (SSSR count). The van der Waals surface area contributed by atoms with Gasteiger partial charge in [-0.1, -0.05) is 11.6 Å². The topological polar surface area (TPSA) is 72.2 Å². The number of nitrogens with two attached hydrogens (primary N) is 1. The Balaban J connectivity index is 2.30. The summed E-state index contributed by atoms with van der Waals surface area (Å²) in [5.41, 5.74) is 5.92. The monoisotopic (exact) mass is 306 g/mol. The smallest absolute Gasteiger partial charge is 0.271 e. The van der Waals surface area contributed by atoms with Gasteiger partial charge in [0.25, 0.3) is 10.0 Å². The molecule has 0 unspecified atom stereocenters. The van der Waals surface area contributed by atoms with E-state index in [9.17, 15) is 12.8 Å². The molecule has 0 aliphatic heterocycles. The van der Waals surface area contributed by atoms with E-state index in [2.05, 4.69) is 4.72 Å². The standard InChI is InChI=1S/C10H8ClFN2O2S2/c11-8-2-1-7(4-9(8)12)14-18(15,16)10-3-6(13)5-17-10/h1-5,14H,13H2. The summed E-state index contributed by atoms with van der Waals surface area (Å²) in [5, 5.41) is 1.44. The summed E-state index contributed by atoms with van der Waals surface area (Å²) in [5.74, 6) is -0.692. The summed E-state index contributed by atoms with van der Waals surface area (Å²) in [6.07, 6.45) is 0. The van der Waals surface area contributed by atoms with Crippen LogP contribution < -0.4 is 10.5 Å². The Kier molecular flexibility index (Phi) is 3.47. The number of halogens is 2. The summed E-state index contributed by atoms with van der Waals surface area (Å²) in [7, 11) is -3.74. The van der Waals surface area contributed by atoms with Gasteiger partial charge < -0.3 is 5.73 Å². The van der Waals surface area contributed by atoms with Gasteiger partial charge in [0.05, 0.1) is 10.7 Å². The third kappa shape index (κ3) is 2.74. The fourth-order valence-corrected chi connectivity index (χ4v) is 3.48. The molecule has 0 aliphatic carbocycles. The fraction of sp³-hybridized carbons (Fsp3) is 0. The van der Waals surface area contributed by atoms with E-state index in [0.717, 1.165) is 17.4 Å². The van der Waals surface area contributed by atoms with Gasteiger partial charge in [-0.25, -0.2) is 12.8 Å². The molecular formula is C10H8ClFN2O2S2. The zero-order chi connectivity index (χ0) is 13.3. The van der Waals surface area contributed by atoms with Crippen LogP contribution in [-0.2, 0) is 10.0 Å². The molecule has 18 heavy (non-hydrogen) atoms. The van der Waals surface area contributed by atoms with E-state index in [0.29, 0.717) is 5.69 Å². The van der Waals surface area contributed by atoms with Crippen LogP contribution in [0.2, 0.25) is 5.02 Å². The minimum atomic E-state index is -3.74. The Morgan fingerprint density at radius 3 is 2.61 bits per heavy atom. The second-order valence-electron chi connectivity index (χ2n) is 3.43. The molecule has 0 amide bonds. The van der Waals surface area contributed by atoms with Crippen molar-refractivity contribution in [2.45, 2.75) is 4.21 Å². The predicted molar refractivity (Wildman–Crippen MR) is 70.9 cm³/mol. The number of thiophene rings is 1. The van der Waals surface area contributed by atoms with Gasteiger partial charge in [-0.3, -0.25) is 4.72 Å². The van der Waals surface area contributed by atoms with Crippen LogP contribution in [-0.4, -0.2) is 8.42 Å². The molecule has 0 saturated carbocycles. The summed E-state index contributed by atoms with van der Waals surface area (Å²) in [6, 6.07) is 4.99. The van der Waals surface area contributed by atoms with Crippen molar-refractivity contribution in [3.63, 3.8) is 0 Å². The fourth-order valence-electron chi connectivity index (χ4n) is 1.24. The number of benzene rings is 1. The second kappa shape index (κ2) is 4.75. The Labute approximate surface area is 112 Å². The number of nitrogens with one attached hydrogen (secondary N) is 1. The van der Waals surface area contributed by atoms with E-state index in [4.69, 9.17) is 17.3 Å². The number of rotatable bonds is 3.